The van der Waals surface area contributed by atoms with Crippen LogP contribution in [-0.4, -0.2) is 19.9 Å². The van der Waals surface area contributed by atoms with Crippen molar-refractivity contribution in [2.24, 2.45) is 0 Å². The van der Waals surface area contributed by atoms with Crippen LogP contribution in [0.25, 0.3) is 6.08 Å². The first kappa shape index (κ1) is 15.0. The molecule has 0 saturated carbocycles. The maximum absolute atomic E-state index is 12.2. The average molecular weight is 279 g/mol. The van der Waals surface area contributed by atoms with Crippen molar-refractivity contribution in [3.05, 3.63) is 71.3 Å². The van der Waals surface area contributed by atoms with E-state index in [4.69, 9.17) is 0 Å². The Morgan fingerprint density at radius 1 is 1.10 bits per heavy atom. The van der Waals surface area contributed by atoms with Gasteiger partial charge in [0, 0.05) is 25.3 Å². The van der Waals surface area contributed by atoms with Crippen molar-refractivity contribution in [3.63, 3.8) is 0 Å². The number of aryl methyl sites for hydroxylation is 1. The molecule has 2 heteroatoms. The van der Waals surface area contributed by atoms with E-state index >= 15 is 0 Å². The monoisotopic (exact) mass is 279 g/mol. The Balaban J connectivity index is 2.11. The second kappa shape index (κ2) is 6.89. The second-order valence-corrected chi connectivity index (χ2v) is 5.24. The molecule has 0 spiro atoms. The van der Waals surface area contributed by atoms with Gasteiger partial charge in [0.25, 0.3) is 0 Å². The van der Waals surface area contributed by atoms with Crippen LogP contribution in [0.1, 0.15) is 28.4 Å². The molecule has 0 aliphatic rings. The van der Waals surface area contributed by atoms with Gasteiger partial charge < -0.3 is 4.90 Å². The third-order valence-electron chi connectivity index (χ3n) is 3.45. The third kappa shape index (κ3) is 4.06. The van der Waals surface area contributed by atoms with Gasteiger partial charge >= 0.3 is 0 Å². The molecule has 2 nitrogen and oxygen atoms in total. The molecular formula is C19H21NO. The summed E-state index contributed by atoms with van der Waals surface area (Å²) < 4.78 is 0. The van der Waals surface area contributed by atoms with Crippen LogP contribution in [0.15, 0.2) is 54.6 Å². The lowest BCUT2D eigenvalue weighted by Crippen LogP contribution is -2.08. The number of ketones is 1. The predicted molar refractivity (Wildman–Crippen MR) is 90.0 cm³/mol. The largest absolute Gasteiger partial charge is 0.378 e. The molecule has 108 valence electrons. The van der Waals surface area contributed by atoms with Crippen molar-refractivity contribution < 1.29 is 4.79 Å². The minimum absolute atomic E-state index is 0.0298. The van der Waals surface area contributed by atoms with Crippen LogP contribution < -0.4 is 4.90 Å². The van der Waals surface area contributed by atoms with Crippen molar-refractivity contribution in [1.29, 1.82) is 0 Å². The number of allylic oxidation sites excluding steroid dienone is 1. The Morgan fingerprint density at radius 3 is 2.43 bits per heavy atom. The number of rotatable bonds is 5. The molecule has 0 fully saturated rings. The lowest BCUT2D eigenvalue weighted by molar-refractivity contribution is 0.104. The summed E-state index contributed by atoms with van der Waals surface area (Å²) in [5.41, 5.74) is 4.14. The number of hydrogen-bond donors (Lipinski definition) is 0. The van der Waals surface area contributed by atoms with E-state index in [-0.39, 0.29) is 5.78 Å². The summed E-state index contributed by atoms with van der Waals surface area (Å²) in [6, 6.07) is 15.9. The smallest absolute Gasteiger partial charge is 0.185 e. The molecule has 0 amide bonds. The van der Waals surface area contributed by atoms with Crippen LogP contribution in [0, 0.1) is 0 Å². The molecule has 0 bridgehead atoms. The Kier molecular flexibility index (Phi) is 4.94. The van der Waals surface area contributed by atoms with Crippen LogP contribution in [0.3, 0.4) is 0 Å². The van der Waals surface area contributed by atoms with Gasteiger partial charge in [-0.25, -0.2) is 0 Å². The summed E-state index contributed by atoms with van der Waals surface area (Å²) >= 11 is 0. The highest BCUT2D eigenvalue weighted by atomic mass is 16.1. The molecule has 0 unspecified atom stereocenters. The summed E-state index contributed by atoms with van der Waals surface area (Å²) in [5, 5.41) is 0. The molecule has 2 aromatic rings. The van der Waals surface area contributed by atoms with Crippen LogP contribution in [-0.2, 0) is 6.42 Å². The lowest BCUT2D eigenvalue weighted by Gasteiger charge is -2.11. The third-order valence-corrected chi connectivity index (χ3v) is 3.45. The van der Waals surface area contributed by atoms with Crippen LogP contribution >= 0.6 is 0 Å². The van der Waals surface area contributed by atoms with Crippen molar-refractivity contribution in [3.8, 4) is 0 Å². The van der Waals surface area contributed by atoms with Crippen LogP contribution in [0.5, 0.6) is 0 Å². The number of hydrogen-bond acceptors (Lipinski definition) is 2. The van der Waals surface area contributed by atoms with E-state index in [2.05, 4.69) is 19.1 Å². The zero-order valence-corrected chi connectivity index (χ0v) is 12.8. The standard InChI is InChI=1S/C19H21NO/c1-4-15-6-5-7-16(14-15)8-13-19(21)17-9-11-18(12-10-17)20(2)3/h5-14H,4H2,1-3H3. The number of anilines is 1. The molecule has 0 aromatic heterocycles. The first-order valence-corrected chi connectivity index (χ1v) is 7.19. The minimum Gasteiger partial charge on any atom is -0.378 e. The molecule has 2 aromatic carbocycles. The zero-order chi connectivity index (χ0) is 15.2. The molecule has 0 radical (unpaired) electrons. The fraction of sp³-hybridized carbons (Fsp3) is 0.211. The highest BCUT2D eigenvalue weighted by Crippen LogP contribution is 2.14. The van der Waals surface area contributed by atoms with Crippen LogP contribution in [0.2, 0.25) is 0 Å². The van der Waals surface area contributed by atoms with Gasteiger partial charge in [-0.3, -0.25) is 4.79 Å². The zero-order valence-electron chi connectivity index (χ0n) is 12.8. The first-order chi connectivity index (χ1) is 10.1. The lowest BCUT2D eigenvalue weighted by atomic mass is 10.1. The molecule has 21 heavy (non-hydrogen) atoms. The van der Waals surface area contributed by atoms with Crippen molar-refractivity contribution in [2.75, 3.05) is 19.0 Å². The number of nitrogens with zero attached hydrogens (tertiary/aromatic N) is 1. The summed E-state index contributed by atoms with van der Waals surface area (Å²) in [4.78, 5) is 14.2. The van der Waals surface area contributed by atoms with E-state index < -0.39 is 0 Å². The fourth-order valence-corrected chi connectivity index (χ4v) is 2.11. The van der Waals surface area contributed by atoms with Gasteiger partial charge in [0.15, 0.2) is 5.78 Å². The number of benzene rings is 2. The van der Waals surface area contributed by atoms with Crippen molar-refractivity contribution in [2.45, 2.75) is 13.3 Å². The van der Waals surface area contributed by atoms with Crippen molar-refractivity contribution in [1.82, 2.24) is 0 Å². The second-order valence-electron chi connectivity index (χ2n) is 5.24. The molecule has 0 heterocycles. The average Bonchev–Trinajstić information content (AvgIpc) is 2.53. The van der Waals surface area contributed by atoms with E-state index in [0.717, 1.165) is 17.7 Å². The van der Waals surface area contributed by atoms with Gasteiger partial charge in [-0.2, -0.15) is 0 Å². The summed E-state index contributed by atoms with van der Waals surface area (Å²) in [7, 11) is 3.97. The summed E-state index contributed by atoms with van der Waals surface area (Å²) in [6.07, 6.45) is 4.52. The minimum atomic E-state index is 0.0298. The van der Waals surface area contributed by atoms with E-state index in [0.29, 0.717) is 5.56 Å². The van der Waals surface area contributed by atoms with Gasteiger partial charge in [0.05, 0.1) is 0 Å². The molecular weight excluding hydrogens is 258 g/mol. The fourth-order valence-electron chi connectivity index (χ4n) is 2.11. The Morgan fingerprint density at radius 2 is 1.81 bits per heavy atom. The molecule has 2 rings (SSSR count). The Bertz CT molecular complexity index is 639. The topological polar surface area (TPSA) is 20.3 Å². The molecule has 0 atom stereocenters. The van der Waals surface area contributed by atoms with E-state index in [1.165, 1.54) is 5.56 Å². The maximum Gasteiger partial charge on any atom is 0.185 e. The van der Waals surface area contributed by atoms with Gasteiger partial charge in [0.1, 0.15) is 0 Å². The SMILES string of the molecule is CCc1cccc(C=CC(=O)c2ccc(N(C)C)cc2)c1. The first-order valence-electron chi connectivity index (χ1n) is 7.19. The molecule has 0 aliphatic heterocycles. The highest BCUT2D eigenvalue weighted by Gasteiger charge is 2.02. The molecule has 0 N–H and O–H groups in total. The Labute approximate surface area is 126 Å². The maximum atomic E-state index is 12.2. The normalized spacial score (nSPS) is 10.8. The number of carbonyl (C=O) groups excluding carboxylic acids is 1. The van der Waals surface area contributed by atoms with Gasteiger partial charge in [-0.15, -0.1) is 0 Å². The predicted octanol–water partition coefficient (Wildman–Crippen LogP) is 4.21. The van der Waals surface area contributed by atoms with Gasteiger partial charge in [-0.1, -0.05) is 37.3 Å². The van der Waals surface area contributed by atoms with E-state index in [9.17, 15) is 4.79 Å². The van der Waals surface area contributed by atoms with Crippen molar-refractivity contribution >= 4 is 17.5 Å². The summed E-state index contributed by atoms with van der Waals surface area (Å²) in [6.45, 7) is 2.13. The molecule has 0 aliphatic carbocycles. The summed E-state index contributed by atoms with van der Waals surface area (Å²) in [5.74, 6) is 0.0298. The van der Waals surface area contributed by atoms with Crippen LogP contribution in [0.4, 0.5) is 5.69 Å². The molecule has 0 saturated heterocycles. The van der Waals surface area contributed by atoms with Gasteiger partial charge in [-0.05, 0) is 47.9 Å². The highest BCUT2D eigenvalue weighted by molar-refractivity contribution is 6.06. The number of carbonyl (C=O) groups is 1. The van der Waals surface area contributed by atoms with E-state index in [1.54, 1.807) is 6.08 Å². The van der Waals surface area contributed by atoms with Gasteiger partial charge in [0.2, 0.25) is 0 Å². The quantitative estimate of drug-likeness (QED) is 0.603. The van der Waals surface area contributed by atoms with E-state index in [1.807, 2.05) is 61.5 Å². The Hall–Kier alpha value is -2.35.